The summed E-state index contributed by atoms with van der Waals surface area (Å²) in [5.41, 5.74) is 2.37. The number of hydrogen-bond donors (Lipinski definition) is 4. The van der Waals surface area contributed by atoms with E-state index in [0.29, 0.717) is 0 Å². The maximum Gasteiger partial charge on any atom is 0.325 e. The fourth-order valence-corrected chi connectivity index (χ4v) is 2.93. The number of hydrogen-bond acceptors (Lipinski definition) is 2. The third kappa shape index (κ3) is 6.48. The van der Waals surface area contributed by atoms with E-state index in [1.54, 1.807) is 12.1 Å². The Kier molecular flexibility index (Phi) is 5.51. The lowest BCUT2D eigenvalue weighted by molar-refractivity contribution is 0.370. The molecule has 0 unspecified atom stereocenters. The highest BCUT2D eigenvalue weighted by atomic mass is 31.2. The normalized spacial score (nSPS) is 12.7. The Morgan fingerprint density at radius 1 is 0.947 bits per heavy atom. The van der Waals surface area contributed by atoms with Gasteiger partial charge in [-0.1, -0.05) is 18.2 Å². The van der Waals surface area contributed by atoms with E-state index in [1.165, 1.54) is 0 Å². The lowest BCUT2D eigenvalue weighted by Gasteiger charge is -2.13. The number of aryl methyl sites for hydroxylation is 2. The third-order valence-corrected chi connectivity index (χ3v) is 4.45. The first kappa shape index (κ1) is 16.6. The van der Waals surface area contributed by atoms with Crippen LogP contribution in [-0.2, 0) is 22.0 Å². The van der Waals surface area contributed by atoms with Crippen LogP contribution in [0.15, 0.2) is 18.2 Å². The van der Waals surface area contributed by atoms with Gasteiger partial charge in [-0.25, -0.2) is 0 Å². The monoisotopic (exact) mass is 308 g/mol. The van der Waals surface area contributed by atoms with Gasteiger partial charge in [0.25, 0.3) is 0 Å². The summed E-state index contributed by atoms with van der Waals surface area (Å²) in [5, 5.41) is 0. The third-order valence-electron chi connectivity index (χ3n) is 2.83. The van der Waals surface area contributed by atoms with E-state index in [1.807, 2.05) is 13.0 Å². The largest absolute Gasteiger partial charge is 0.325 e. The van der Waals surface area contributed by atoms with Crippen LogP contribution in [0.2, 0.25) is 0 Å². The van der Waals surface area contributed by atoms with E-state index in [9.17, 15) is 9.13 Å². The van der Waals surface area contributed by atoms with E-state index < -0.39 is 15.2 Å². The Morgan fingerprint density at radius 3 is 2.00 bits per heavy atom. The Hall–Kier alpha value is -0.480. The lowest BCUT2D eigenvalue weighted by Crippen LogP contribution is -2.04. The molecule has 0 amide bonds. The van der Waals surface area contributed by atoms with Crippen molar-refractivity contribution in [2.75, 3.05) is 12.3 Å². The molecule has 19 heavy (non-hydrogen) atoms. The Bertz CT molecular complexity index is 530. The van der Waals surface area contributed by atoms with Crippen LogP contribution in [0.3, 0.4) is 0 Å². The Morgan fingerprint density at radius 2 is 1.47 bits per heavy atom. The summed E-state index contributed by atoms with van der Waals surface area (Å²) in [6.45, 7) is 1.82. The van der Waals surface area contributed by atoms with E-state index in [2.05, 4.69) is 0 Å². The molecule has 6 nitrogen and oxygen atoms in total. The van der Waals surface area contributed by atoms with Crippen LogP contribution in [0.5, 0.6) is 0 Å². The van der Waals surface area contributed by atoms with Gasteiger partial charge in [0.1, 0.15) is 0 Å². The van der Waals surface area contributed by atoms with Crippen molar-refractivity contribution in [2.45, 2.75) is 19.8 Å². The summed E-state index contributed by atoms with van der Waals surface area (Å²) < 4.78 is 21.8. The van der Waals surface area contributed by atoms with Crippen LogP contribution in [0, 0.1) is 6.92 Å². The van der Waals surface area contributed by atoms with Crippen LogP contribution in [0.1, 0.15) is 16.7 Å². The zero-order valence-electron chi connectivity index (χ0n) is 10.6. The van der Waals surface area contributed by atoms with Crippen molar-refractivity contribution in [3.8, 4) is 0 Å². The molecule has 1 aromatic rings. The number of rotatable bonds is 6. The summed E-state index contributed by atoms with van der Waals surface area (Å²) >= 11 is 0. The fraction of sp³-hybridized carbons (Fsp3) is 0.455. The second kappa shape index (κ2) is 6.31. The fourth-order valence-electron chi connectivity index (χ4n) is 1.88. The van der Waals surface area contributed by atoms with E-state index >= 15 is 0 Å². The highest BCUT2D eigenvalue weighted by Gasteiger charge is 2.18. The summed E-state index contributed by atoms with van der Waals surface area (Å²) in [5.74, 6) is 0. The molecule has 0 bridgehead atoms. The molecule has 0 aliphatic carbocycles. The summed E-state index contributed by atoms with van der Waals surface area (Å²) in [7, 11) is -8.15. The van der Waals surface area contributed by atoms with Gasteiger partial charge in [-0.05, 0) is 36.5 Å². The van der Waals surface area contributed by atoms with Crippen LogP contribution in [-0.4, -0.2) is 31.9 Å². The molecule has 0 spiro atoms. The average molecular weight is 308 g/mol. The van der Waals surface area contributed by atoms with Crippen LogP contribution < -0.4 is 0 Å². The molecule has 0 saturated heterocycles. The van der Waals surface area contributed by atoms with Gasteiger partial charge in [-0.2, -0.15) is 0 Å². The van der Waals surface area contributed by atoms with Crippen LogP contribution in [0.4, 0.5) is 0 Å². The standard InChI is InChI=1S/C11H18O6P2/c1-9-3-2-4-10(5-7-18(12,13)14)11(9)6-8-19(15,16)17/h2-4H,5-8H2,1H3,(H2,12,13,14)(H2,15,16,17). The van der Waals surface area contributed by atoms with Gasteiger partial charge in [0.05, 0.1) is 12.3 Å². The van der Waals surface area contributed by atoms with Crippen molar-refractivity contribution in [3.63, 3.8) is 0 Å². The molecule has 0 aromatic heterocycles. The van der Waals surface area contributed by atoms with Crippen molar-refractivity contribution in [3.05, 3.63) is 34.9 Å². The molecule has 0 saturated carbocycles. The molecule has 0 aliphatic heterocycles. The molecule has 108 valence electrons. The first-order valence-electron chi connectivity index (χ1n) is 5.75. The molecule has 8 heteroatoms. The first-order valence-corrected chi connectivity index (χ1v) is 9.34. The van der Waals surface area contributed by atoms with Crippen molar-refractivity contribution >= 4 is 15.2 Å². The molecule has 0 heterocycles. The Balaban J connectivity index is 2.89. The second-order valence-corrected chi connectivity index (χ2v) is 8.04. The van der Waals surface area contributed by atoms with Gasteiger partial charge in [0.15, 0.2) is 0 Å². The molecule has 0 fully saturated rings. The summed E-state index contributed by atoms with van der Waals surface area (Å²) in [4.78, 5) is 35.6. The second-order valence-electron chi connectivity index (χ2n) is 4.49. The van der Waals surface area contributed by atoms with Crippen LogP contribution >= 0.6 is 15.2 Å². The average Bonchev–Trinajstić information content (AvgIpc) is 2.22. The Labute approximate surface area is 111 Å². The molecular weight excluding hydrogens is 290 g/mol. The number of benzene rings is 1. The quantitative estimate of drug-likeness (QED) is 0.591. The summed E-state index contributed by atoms with van der Waals surface area (Å²) in [6.07, 6.45) is -0.129. The maximum atomic E-state index is 10.9. The molecule has 0 radical (unpaired) electrons. The van der Waals surface area contributed by atoms with Gasteiger partial charge in [0.2, 0.25) is 0 Å². The zero-order valence-corrected chi connectivity index (χ0v) is 12.3. The topological polar surface area (TPSA) is 115 Å². The van der Waals surface area contributed by atoms with E-state index in [-0.39, 0.29) is 25.2 Å². The van der Waals surface area contributed by atoms with Crippen molar-refractivity contribution in [1.29, 1.82) is 0 Å². The minimum Gasteiger partial charge on any atom is -0.324 e. The van der Waals surface area contributed by atoms with Gasteiger partial charge in [-0.15, -0.1) is 0 Å². The minimum absolute atomic E-state index is 0.197. The molecule has 1 rings (SSSR count). The predicted molar refractivity (Wildman–Crippen MR) is 72.4 cm³/mol. The minimum atomic E-state index is -4.08. The van der Waals surface area contributed by atoms with Gasteiger partial charge >= 0.3 is 15.2 Å². The van der Waals surface area contributed by atoms with Crippen LogP contribution in [0.25, 0.3) is 0 Å². The lowest BCUT2D eigenvalue weighted by atomic mass is 9.98. The molecule has 0 atom stereocenters. The van der Waals surface area contributed by atoms with Gasteiger partial charge in [0, 0.05) is 0 Å². The van der Waals surface area contributed by atoms with Crippen molar-refractivity contribution in [2.24, 2.45) is 0 Å². The molecular formula is C11H18O6P2. The predicted octanol–water partition coefficient (Wildman–Crippen LogP) is 1.44. The summed E-state index contributed by atoms with van der Waals surface area (Å²) in [6, 6.07) is 5.32. The highest BCUT2D eigenvalue weighted by molar-refractivity contribution is 7.52. The smallest absolute Gasteiger partial charge is 0.324 e. The molecule has 1 aromatic carbocycles. The SMILES string of the molecule is Cc1cccc(CCP(=O)(O)O)c1CCP(=O)(O)O. The first-order chi connectivity index (χ1) is 8.58. The van der Waals surface area contributed by atoms with Gasteiger partial charge < -0.3 is 19.6 Å². The van der Waals surface area contributed by atoms with E-state index in [0.717, 1.165) is 16.7 Å². The maximum absolute atomic E-state index is 10.9. The molecule has 4 N–H and O–H groups in total. The van der Waals surface area contributed by atoms with E-state index in [4.69, 9.17) is 19.6 Å². The molecule has 0 aliphatic rings. The van der Waals surface area contributed by atoms with Crippen molar-refractivity contribution in [1.82, 2.24) is 0 Å². The zero-order chi connectivity index (χ0) is 14.7. The van der Waals surface area contributed by atoms with Crippen molar-refractivity contribution < 1.29 is 28.7 Å². The van der Waals surface area contributed by atoms with Gasteiger partial charge in [-0.3, -0.25) is 9.13 Å². The highest BCUT2D eigenvalue weighted by Crippen LogP contribution is 2.37.